The van der Waals surface area contributed by atoms with E-state index in [-0.39, 0.29) is 18.0 Å². The van der Waals surface area contributed by atoms with Crippen LogP contribution in [-0.4, -0.2) is 37.6 Å². The summed E-state index contributed by atoms with van der Waals surface area (Å²) in [6, 6.07) is 5.32. The molecule has 2 unspecified atom stereocenters. The minimum atomic E-state index is -0.225. The highest BCUT2D eigenvalue weighted by atomic mass is 16.5. The summed E-state index contributed by atoms with van der Waals surface area (Å²) in [4.78, 5) is 14.1. The molecular weight excluding hydrogens is 268 g/mol. The maximum absolute atomic E-state index is 12.2. The molecule has 116 valence electrons. The molecule has 1 aromatic carbocycles. The number of carbonyl (C=O) groups is 1. The fourth-order valence-electron chi connectivity index (χ4n) is 2.97. The van der Waals surface area contributed by atoms with Gasteiger partial charge in [0.15, 0.2) is 11.5 Å². The molecular formula is C16H24N2O3. The van der Waals surface area contributed by atoms with Crippen molar-refractivity contribution < 1.29 is 14.3 Å². The average Bonchev–Trinajstić information content (AvgIpc) is 2.71. The SMILES string of the molecule is COc1cccc(C2C(N)CC(=O)N2CC(C)C)c1OC. The Labute approximate surface area is 126 Å². The minimum Gasteiger partial charge on any atom is -0.493 e. The molecule has 1 amide bonds. The third-order valence-electron chi connectivity index (χ3n) is 3.79. The second-order valence-electron chi connectivity index (χ2n) is 5.84. The Balaban J connectivity index is 2.45. The van der Waals surface area contributed by atoms with Gasteiger partial charge in [-0.05, 0) is 12.0 Å². The van der Waals surface area contributed by atoms with Gasteiger partial charge in [0.25, 0.3) is 0 Å². The summed E-state index contributed by atoms with van der Waals surface area (Å²) in [7, 11) is 3.21. The van der Waals surface area contributed by atoms with Crippen LogP contribution in [-0.2, 0) is 4.79 Å². The van der Waals surface area contributed by atoms with E-state index in [0.717, 1.165) is 5.56 Å². The maximum atomic E-state index is 12.2. The van der Waals surface area contributed by atoms with Gasteiger partial charge in [0.1, 0.15) is 0 Å². The first-order valence-corrected chi connectivity index (χ1v) is 7.25. The zero-order chi connectivity index (χ0) is 15.6. The Morgan fingerprint density at radius 3 is 2.62 bits per heavy atom. The van der Waals surface area contributed by atoms with Gasteiger partial charge in [0.2, 0.25) is 5.91 Å². The van der Waals surface area contributed by atoms with Crippen molar-refractivity contribution in [3.05, 3.63) is 23.8 Å². The summed E-state index contributed by atoms with van der Waals surface area (Å²) in [5.41, 5.74) is 7.14. The lowest BCUT2D eigenvalue weighted by molar-refractivity contribution is -0.129. The van der Waals surface area contributed by atoms with Crippen LogP contribution in [0.15, 0.2) is 18.2 Å². The number of methoxy groups -OCH3 is 2. The lowest BCUT2D eigenvalue weighted by Gasteiger charge is -2.30. The Bertz CT molecular complexity index is 516. The lowest BCUT2D eigenvalue weighted by atomic mass is 9.98. The third-order valence-corrected chi connectivity index (χ3v) is 3.79. The largest absolute Gasteiger partial charge is 0.493 e. The lowest BCUT2D eigenvalue weighted by Crippen LogP contribution is -2.35. The van der Waals surface area contributed by atoms with E-state index >= 15 is 0 Å². The van der Waals surface area contributed by atoms with Crippen molar-refractivity contribution in [1.82, 2.24) is 4.90 Å². The quantitative estimate of drug-likeness (QED) is 0.901. The van der Waals surface area contributed by atoms with Crippen LogP contribution in [0.4, 0.5) is 0 Å². The predicted octanol–water partition coefficient (Wildman–Crippen LogP) is 1.96. The number of rotatable bonds is 5. The number of para-hydroxylation sites is 1. The fraction of sp³-hybridized carbons (Fsp3) is 0.562. The van der Waals surface area contributed by atoms with Crippen molar-refractivity contribution in [3.8, 4) is 11.5 Å². The molecule has 0 bridgehead atoms. The van der Waals surface area contributed by atoms with Crippen molar-refractivity contribution in [2.75, 3.05) is 20.8 Å². The molecule has 0 saturated carbocycles. The van der Waals surface area contributed by atoms with Gasteiger partial charge >= 0.3 is 0 Å². The van der Waals surface area contributed by atoms with E-state index in [1.807, 2.05) is 23.1 Å². The fourth-order valence-corrected chi connectivity index (χ4v) is 2.97. The number of ether oxygens (including phenoxy) is 2. The molecule has 1 heterocycles. The molecule has 0 aromatic heterocycles. The number of nitrogens with zero attached hydrogens (tertiary/aromatic N) is 1. The summed E-state index contributed by atoms with van der Waals surface area (Å²) in [6.45, 7) is 4.88. The molecule has 5 nitrogen and oxygen atoms in total. The van der Waals surface area contributed by atoms with Crippen LogP contribution >= 0.6 is 0 Å². The van der Waals surface area contributed by atoms with E-state index in [9.17, 15) is 4.79 Å². The standard InChI is InChI=1S/C16H24N2O3/c1-10(2)9-18-14(19)8-12(17)15(18)11-6-5-7-13(20-3)16(11)21-4/h5-7,10,12,15H,8-9,17H2,1-4H3. The van der Waals surface area contributed by atoms with Gasteiger partial charge in [0.05, 0.1) is 20.3 Å². The van der Waals surface area contributed by atoms with Crippen LogP contribution in [0.25, 0.3) is 0 Å². The summed E-state index contributed by atoms with van der Waals surface area (Å²) in [6.07, 6.45) is 0.373. The molecule has 2 rings (SSSR count). The molecule has 0 spiro atoms. The maximum Gasteiger partial charge on any atom is 0.224 e. The van der Waals surface area contributed by atoms with E-state index in [1.54, 1.807) is 14.2 Å². The highest BCUT2D eigenvalue weighted by Crippen LogP contribution is 2.41. The van der Waals surface area contributed by atoms with Crippen molar-refractivity contribution >= 4 is 5.91 Å². The highest BCUT2D eigenvalue weighted by molar-refractivity contribution is 5.80. The van der Waals surface area contributed by atoms with Gasteiger partial charge < -0.3 is 20.1 Å². The molecule has 1 aliphatic rings. The second-order valence-corrected chi connectivity index (χ2v) is 5.84. The molecule has 0 aliphatic carbocycles. The van der Waals surface area contributed by atoms with Gasteiger partial charge in [-0.3, -0.25) is 4.79 Å². The van der Waals surface area contributed by atoms with Crippen molar-refractivity contribution in [3.63, 3.8) is 0 Å². The number of benzene rings is 1. The van der Waals surface area contributed by atoms with Gasteiger partial charge in [-0.1, -0.05) is 26.0 Å². The highest BCUT2D eigenvalue weighted by Gasteiger charge is 2.40. The molecule has 0 radical (unpaired) electrons. The Hall–Kier alpha value is -1.75. The first kappa shape index (κ1) is 15.6. The summed E-state index contributed by atoms with van der Waals surface area (Å²) in [5, 5.41) is 0. The predicted molar refractivity (Wildman–Crippen MR) is 81.4 cm³/mol. The second kappa shape index (κ2) is 6.35. The monoisotopic (exact) mass is 292 g/mol. The normalized spacial score (nSPS) is 22.0. The topological polar surface area (TPSA) is 64.8 Å². The van der Waals surface area contributed by atoms with Crippen LogP contribution in [0.3, 0.4) is 0 Å². The number of hydrogen-bond donors (Lipinski definition) is 1. The van der Waals surface area contributed by atoms with E-state index in [4.69, 9.17) is 15.2 Å². The summed E-state index contributed by atoms with van der Waals surface area (Å²) < 4.78 is 10.8. The van der Waals surface area contributed by atoms with E-state index in [1.165, 1.54) is 0 Å². The zero-order valence-corrected chi connectivity index (χ0v) is 13.1. The molecule has 5 heteroatoms. The third kappa shape index (κ3) is 2.97. The molecule has 2 atom stereocenters. The molecule has 21 heavy (non-hydrogen) atoms. The number of amides is 1. The number of hydrogen-bond acceptors (Lipinski definition) is 4. The van der Waals surface area contributed by atoms with Crippen LogP contribution in [0.1, 0.15) is 31.9 Å². The number of nitrogens with two attached hydrogens (primary N) is 1. The number of carbonyl (C=O) groups excluding carboxylic acids is 1. The van der Waals surface area contributed by atoms with Gasteiger partial charge in [0, 0.05) is 24.6 Å². The Morgan fingerprint density at radius 1 is 1.33 bits per heavy atom. The van der Waals surface area contributed by atoms with Gasteiger partial charge in [-0.25, -0.2) is 0 Å². The van der Waals surface area contributed by atoms with Gasteiger partial charge in [-0.2, -0.15) is 0 Å². The molecule has 1 saturated heterocycles. The van der Waals surface area contributed by atoms with Crippen LogP contribution in [0, 0.1) is 5.92 Å². The van der Waals surface area contributed by atoms with E-state index in [0.29, 0.717) is 30.4 Å². The molecule has 1 aliphatic heterocycles. The first-order chi connectivity index (χ1) is 9.99. The van der Waals surface area contributed by atoms with E-state index < -0.39 is 0 Å². The van der Waals surface area contributed by atoms with Crippen molar-refractivity contribution in [2.45, 2.75) is 32.4 Å². The van der Waals surface area contributed by atoms with Crippen molar-refractivity contribution in [2.24, 2.45) is 11.7 Å². The molecule has 2 N–H and O–H groups in total. The van der Waals surface area contributed by atoms with Crippen LogP contribution in [0.5, 0.6) is 11.5 Å². The molecule has 1 fully saturated rings. The summed E-state index contributed by atoms with van der Waals surface area (Å²) >= 11 is 0. The smallest absolute Gasteiger partial charge is 0.224 e. The average molecular weight is 292 g/mol. The van der Waals surface area contributed by atoms with Gasteiger partial charge in [-0.15, -0.1) is 0 Å². The zero-order valence-electron chi connectivity index (χ0n) is 13.1. The Kier molecular flexibility index (Phi) is 4.73. The minimum absolute atomic E-state index is 0.103. The Morgan fingerprint density at radius 2 is 2.05 bits per heavy atom. The van der Waals surface area contributed by atoms with E-state index in [2.05, 4.69) is 13.8 Å². The van der Waals surface area contributed by atoms with Crippen LogP contribution in [0.2, 0.25) is 0 Å². The number of likely N-dealkylation sites (tertiary alicyclic amines) is 1. The van der Waals surface area contributed by atoms with Crippen molar-refractivity contribution in [1.29, 1.82) is 0 Å². The summed E-state index contributed by atoms with van der Waals surface area (Å²) in [5.74, 6) is 1.80. The van der Waals surface area contributed by atoms with Crippen LogP contribution < -0.4 is 15.2 Å². The first-order valence-electron chi connectivity index (χ1n) is 7.25. The molecule has 1 aromatic rings.